The van der Waals surface area contributed by atoms with Gasteiger partial charge >= 0.3 is 5.97 Å². The molecule has 3 heterocycles. The molecule has 0 aliphatic heterocycles. The van der Waals surface area contributed by atoms with Crippen molar-refractivity contribution in [2.45, 2.75) is 26.2 Å². The number of aromatic nitrogens is 3. The third-order valence-electron chi connectivity index (χ3n) is 4.28. The molecule has 3 aromatic heterocycles. The lowest BCUT2D eigenvalue weighted by Gasteiger charge is -2.05. The lowest BCUT2D eigenvalue weighted by Crippen LogP contribution is -2.15. The Kier molecular flexibility index (Phi) is 5.19. The number of carbonyl (C=O) groups is 1. The number of thiazole rings is 1. The Labute approximate surface area is 168 Å². The fourth-order valence-corrected chi connectivity index (χ4v) is 4.86. The smallest absolute Gasteiger partial charge is 0.316 e. The van der Waals surface area contributed by atoms with E-state index in [4.69, 9.17) is 9.26 Å². The van der Waals surface area contributed by atoms with Crippen LogP contribution in [0, 0.1) is 13.8 Å². The number of para-hydroxylation sites is 1. The van der Waals surface area contributed by atoms with E-state index in [0.29, 0.717) is 16.4 Å². The molecule has 0 aliphatic rings. The van der Waals surface area contributed by atoms with Gasteiger partial charge in [-0.2, -0.15) is 0 Å². The Morgan fingerprint density at radius 3 is 2.93 bits per heavy atom. The van der Waals surface area contributed by atoms with Crippen LogP contribution < -0.4 is 5.56 Å². The van der Waals surface area contributed by atoms with Gasteiger partial charge < -0.3 is 9.26 Å². The molecule has 4 rings (SSSR count). The molecule has 7 nitrogen and oxygen atoms in total. The molecule has 0 N–H and O–H groups in total. The summed E-state index contributed by atoms with van der Waals surface area (Å²) in [5.41, 5.74) is 2.93. The normalized spacial score (nSPS) is 11.4. The molecular formula is C19H17N3O4S2. The van der Waals surface area contributed by atoms with Gasteiger partial charge in [-0.25, -0.2) is 4.98 Å². The number of thioether (sulfide) groups is 1. The van der Waals surface area contributed by atoms with Crippen LogP contribution in [0.2, 0.25) is 0 Å². The number of esters is 1. The summed E-state index contributed by atoms with van der Waals surface area (Å²) in [6.45, 7) is 3.70. The van der Waals surface area contributed by atoms with E-state index in [1.807, 2.05) is 38.1 Å². The van der Waals surface area contributed by atoms with Crippen LogP contribution in [-0.4, -0.2) is 26.3 Å². The maximum absolute atomic E-state index is 12.5. The zero-order chi connectivity index (χ0) is 19.7. The molecule has 0 radical (unpaired) electrons. The number of carbonyl (C=O) groups excluding carboxylic acids is 1. The van der Waals surface area contributed by atoms with E-state index in [1.54, 1.807) is 4.40 Å². The van der Waals surface area contributed by atoms with Crippen molar-refractivity contribution < 1.29 is 14.1 Å². The predicted molar refractivity (Wildman–Crippen MR) is 109 cm³/mol. The second-order valence-electron chi connectivity index (χ2n) is 6.23. The Hall–Kier alpha value is -2.65. The minimum Gasteiger partial charge on any atom is -0.459 e. The molecule has 1 aromatic carbocycles. The van der Waals surface area contributed by atoms with E-state index in [9.17, 15) is 9.59 Å². The third kappa shape index (κ3) is 3.67. The average molecular weight is 415 g/mol. The number of rotatable bonds is 6. The Morgan fingerprint density at radius 2 is 2.14 bits per heavy atom. The Bertz CT molecular complexity index is 1210. The van der Waals surface area contributed by atoms with Crippen molar-refractivity contribution in [1.82, 2.24) is 14.5 Å². The molecule has 4 aromatic rings. The summed E-state index contributed by atoms with van der Waals surface area (Å²) < 4.78 is 12.9. The number of ether oxygens (including phenoxy) is 1. The molecule has 9 heteroatoms. The van der Waals surface area contributed by atoms with Crippen LogP contribution in [0.25, 0.3) is 15.2 Å². The van der Waals surface area contributed by atoms with Crippen LogP contribution in [0.15, 0.2) is 39.6 Å². The number of hydrogen-bond acceptors (Lipinski definition) is 8. The highest BCUT2D eigenvalue weighted by atomic mass is 32.2. The van der Waals surface area contributed by atoms with Gasteiger partial charge in [0.05, 0.1) is 27.4 Å². The standard InChI is InChI=1S/C19H17N3O4S2/c1-11-14(12(2)26-21-11)9-27-10-18(24)25-8-13-7-17(23)22-15-5-3-4-6-16(15)28-19(22)20-13/h3-7H,8-10H2,1-2H3. The summed E-state index contributed by atoms with van der Waals surface area (Å²) in [6.07, 6.45) is 0. The van der Waals surface area contributed by atoms with E-state index in [1.165, 1.54) is 29.2 Å². The lowest BCUT2D eigenvalue weighted by molar-refractivity contribution is -0.141. The quantitative estimate of drug-likeness (QED) is 0.446. The van der Waals surface area contributed by atoms with Crippen molar-refractivity contribution >= 4 is 44.2 Å². The topological polar surface area (TPSA) is 86.7 Å². The summed E-state index contributed by atoms with van der Waals surface area (Å²) in [7, 11) is 0. The maximum atomic E-state index is 12.5. The van der Waals surface area contributed by atoms with Gasteiger partial charge in [0.15, 0.2) is 4.96 Å². The molecule has 28 heavy (non-hydrogen) atoms. The average Bonchev–Trinajstić information content (AvgIpc) is 3.21. The van der Waals surface area contributed by atoms with Crippen molar-refractivity contribution in [3.05, 3.63) is 63.4 Å². The van der Waals surface area contributed by atoms with E-state index in [2.05, 4.69) is 10.1 Å². The number of nitrogens with zero attached hydrogens (tertiary/aromatic N) is 3. The van der Waals surface area contributed by atoms with E-state index in [0.717, 1.165) is 27.2 Å². The molecule has 0 saturated carbocycles. The summed E-state index contributed by atoms with van der Waals surface area (Å²) in [5.74, 6) is 1.24. The van der Waals surface area contributed by atoms with Gasteiger partial charge in [-0.05, 0) is 26.0 Å². The van der Waals surface area contributed by atoms with Crippen LogP contribution in [0.4, 0.5) is 0 Å². The first-order valence-corrected chi connectivity index (χ1v) is 10.6. The van der Waals surface area contributed by atoms with Crippen LogP contribution >= 0.6 is 23.1 Å². The number of benzene rings is 1. The highest BCUT2D eigenvalue weighted by Crippen LogP contribution is 2.23. The predicted octanol–water partition coefficient (Wildman–Crippen LogP) is 3.49. The van der Waals surface area contributed by atoms with Crippen LogP contribution in [0.3, 0.4) is 0 Å². The lowest BCUT2D eigenvalue weighted by atomic mass is 10.2. The number of aryl methyl sites for hydroxylation is 2. The minimum atomic E-state index is -0.352. The van der Waals surface area contributed by atoms with Gasteiger partial charge in [0.25, 0.3) is 5.56 Å². The highest BCUT2D eigenvalue weighted by molar-refractivity contribution is 7.99. The van der Waals surface area contributed by atoms with Gasteiger partial charge in [0.1, 0.15) is 12.4 Å². The van der Waals surface area contributed by atoms with E-state index in [-0.39, 0.29) is 23.9 Å². The number of fused-ring (bicyclic) bond motifs is 3. The molecule has 0 aliphatic carbocycles. The highest BCUT2D eigenvalue weighted by Gasteiger charge is 2.13. The maximum Gasteiger partial charge on any atom is 0.316 e. The van der Waals surface area contributed by atoms with Gasteiger partial charge in [0.2, 0.25) is 0 Å². The molecule has 0 fully saturated rings. The molecule has 0 spiro atoms. The van der Waals surface area contributed by atoms with Crippen molar-refractivity contribution in [1.29, 1.82) is 0 Å². The number of hydrogen-bond donors (Lipinski definition) is 0. The van der Waals surface area contributed by atoms with Crippen molar-refractivity contribution in [2.24, 2.45) is 0 Å². The van der Waals surface area contributed by atoms with Crippen molar-refractivity contribution in [3.8, 4) is 0 Å². The fourth-order valence-electron chi connectivity index (χ4n) is 2.84. The second-order valence-corrected chi connectivity index (χ2v) is 8.22. The summed E-state index contributed by atoms with van der Waals surface area (Å²) in [5, 5.41) is 3.90. The molecule has 0 atom stereocenters. The van der Waals surface area contributed by atoms with Crippen LogP contribution in [-0.2, 0) is 21.9 Å². The largest absolute Gasteiger partial charge is 0.459 e. The first-order chi connectivity index (χ1) is 13.5. The zero-order valence-corrected chi connectivity index (χ0v) is 16.9. The van der Waals surface area contributed by atoms with Crippen LogP contribution in [0.5, 0.6) is 0 Å². The molecule has 0 bridgehead atoms. The van der Waals surface area contributed by atoms with Crippen molar-refractivity contribution in [3.63, 3.8) is 0 Å². The molecule has 0 saturated heterocycles. The van der Waals surface area contributed by atoms with Gasteiger partial charge in [-0.1, -0.05) is 28.6 Å². The molecule has 144 valence electrons. The van der Waals surface area contributed by atoms with Crippen LogP contribution in [0.1, 0.15) is 22.7 Å². The first-order valence-electron chi connectivity index (χ1n) is 8.58. The summed E-state index contributed by atoms with van der Waals surface area (Å²) in [6, 6.07) is 9.06. The fraction of sp³-hybridized carbons (Fsp3) is 0.263. The zero-order valence-electron chi connectivity index (χ0n) is 15.3. The molecule has 0 unspecified atom stereocenters. The minimum absolute atomic E-state index is 0.0231. The SMILES string of the molecule is Cc1noc(C)c1CSCC(=O)OCc1cc(=O)n2c(n1)sc1ccccc12. The summed E-state index contributed by atoms with van der Waals surface area (Å²) >= 11 is 2.86. The van der Waals surface area contributed by atoms with E-state index >= 15 is 0 Å². The third-order valence-corrected chi connectivity index (χ3v) is 6.23. The molecular weight excluding hydrogens is 398 g/mol. The molecule has 0 amide bonds. The Morgan fingerprint density at radius 1 is 1.32 bits per heavy atom. The van der Waals surface area contributed by atoms with Crippen molar-refractivity contribution in [2.75, 3.05) is 5.75 Å². The van der Waals surface area contributed by atoms with Gasteiger partial charge in [-0.15, -0.1) is 11.8 Å². The Balaban J connectivity index is 1.39. The van der Waals surface area contributed by atoms with E-state index < -0.39 is 0 Å². The monoisotopic (exact) mass is 415 g/mol. The summed E-state index contributed by atoms with van der Waals surface area (Å²) in [4.78, 5) is 29.5. The van der Waals surface area contributed by atoms with Gasteiger partial charge in [0, 0.05) is 17.4 Å². The van der Waals surface area contributed by atoms with Gasteiger partial charge in [-0.3, -0.25) is 14.0 Å². The second kappa shape index (κ2) is 7.76. The first kappa shape index (κ1) is 18.7.